The lowest BCUT2D eigenvalue weighted by molar-refractivity contribution is -0.308. The average Bonchev–Trinajstić information content (AvgIpc) is 2.60. The van der Waals surface area contributed by atoms with E-state index >= 15 is 0 Å². The van der Waals surface area contributed by atoms with Crippen LogP contribution in [-0.2, 0) is 11.2 Å². The largest absolute Gasteiger partial charge is 0.548 e. The van der Waals surface area contributed by atoms with Gasteiger partial charge < -0.3 is 20.0 Å². The summed E-state index contributed by atoms with van der Waals surface area (Å²) in [6.07, 6.45) is 0.104. The molecule has 2 aromatic rings. The van der Waals surface area contributed by atoms with Gasteiger partial charge in [-0.15, -0.1) is 5.11 Å². The molecule has 0 aliphatic rings. The highest BCUT2D eigenvalue weighted by Crippen LogP contribution is 2.17. The van der Waals surface area contributed by atoms with Gasteiger partial charge >= 0.3 is 6.03 Å². The summed E-state index contributed by atoms with van der Waals surface area (Å²) in [5, 5.41) is 20.6. The van der Waals surface area contributed by atoms with Crippen molar-refractivity contribution in [1.82, 2.24) is 5.32 Å². The molecule has 24 heavy (non-hydrogen) atoms. The summed E-state index contributed by atoms with van der Waals surface area (Å²) < 4.78 is 5.01. The van der Waals surface area contributed by atoms with Gasteiger partial charge in [-0.1, -0.05) is 35.4 Å². The first kappa shape index (κ1) is 17.1. The number of ether oxygens (including phenoxy) is 1. The quantitative estimate of drug-likeness (QED) is 0.818. The lowest BCUT2D eigenvalue weighted by Crippen LogP contribution is -2.48. The van der Waals surface area contributed by atoms with Gasteiger partial charge in [-0.25, -0.2) is 4.79 Å². The number of rotatable bonds is 6. The van der Waals surface area contributed by atoms with Crippen molar-refractivity contribution in [2.75, 3.05) is 7.11 Å². The van der Waals surface area contributed by atoms with E-state index in [4.69, 9.17) is 4.74 Å². The fraction of sp³-hybridized carbons (Fsp3) is 0.176. The van der Waals surface area contributed by atoms with Crippen molar-refractivity contribution in [3.05, 3.63) is 60.2 Å². The van der Waals surface area contributed by atoms with Crippen LogP contribution < -0.4 is 15.2 Å². The van der Waals surface area contributed by atoms with Crippen LogP contribution in [0.25, 0.3) is 0 Å². The van der Waals surface area contributed by atoms with E-state index < -0.39 is 18.0 Å². The van der Waals surface area contributed by atoms with Gasteiger partial charge in [0.2, 0.25) is 0 Å². The molecule has 0 heterocycles. The Morgan fingerprint density at radius 3 is 2.38 bits per heavy atom. The Hall–Kier alpha value is -3.22. The molecule has 0 aliphatic carbocycles. The normalized spacial score (nSPS) is 11.9. The molecule has 124 valence electrons. The number of carbonyl (C=O) groups excluding carboxylic acids is 2. The summed E-state index contributed by atoms with van der Waals surface area (Å²) in [5.41, 5.74) is 1.21. The van der Waals surface area contributed by atoms with Crippen LogP contribution in [-0.4, -0.2) is 25.2 Å². The molecule has 0 saturated carbocycles. The topological polar surface area (TPSA) is 103 Å². The van der Waals surface area contributed by atoms with Crippen LogP contribution >= 0.6 is 0 Å². The van der Waals surface area contributed by atoms with Crippen LogP contribution in [0, 0.1) is 0 Å². The number of carboxylic acid groups (broad SMARTS) is 1. The van der Waals surface area contributed by atoms with Gasteiger partial charge in [-0.05, 0) is 36.2 Å². The van der Waals surface area contributed by atoms with Gasteiger partial charge in [0.05, 0.1) is 24.8 Å². The summed E-state index contributed by atoms with van der Waals surface area (Å²) in [4.78, 5) is 22.9. The van der Waals surface area contributed by atoms with Crippen LogP contribution in [0.1, 0.15) is 5.56 Å². The molecule has 0 saturated heterocycles. The van der Waals surface area contributed by atoms with E-state index in [2.05, 4.69) is 15.5 Å². The zero-order chi connectivity index (χ0) is 17.4. The molecular formula is C17H16N3O4-. The maximum atomic E-state index is 11.8. The van der Waals surface area contributed by atoms with Crippen molar-refractivity contribution in [3.63, 3.8) is 0 Å². The van der Waals surface area contributed by atoms with E-state index in [-0.39, 0.29) is 6.42 Å². The number of urea groups is 1. The zero-order valence-corrected chi connectivity index (χ0v) is 13.0. The molecule has 0 aromatic heterocycles. The first-order valence-corrected chi connectivity index (χ1v) is 7.19. The van der Waals surface area contributed by atoms with Crippen LogP contribution in [0.4, 0.5) is 10.5 Å². The molecule has 7 heteroatoms. The van der Waals surface area contributed by atoms with Crippen molar-refractivity contribution in [3.8, 4) is 5.75 Å². The first-order valence-electron chi connectivity index (χ1n) is 7.19. The van der Waals surface area contributed by atoms with Crippen molar-refractivity contribution in [2.24, 2.45) is 10.2 Å². The molecule has 0 bridgehead atoms. The van der Waals surface area contributed by atoms with Crippen molar-refractivity contribution < 1.29 is 19.4 Å². The van der Waals surface area contributed by atoms with Gasteiger partial charge in [-0.2, -0.15) is 0 Å². The van der Waals surface area contributed by atoms with E-state index in [0.29, 0.717) is 11.4 Å². The van der Waals surface area contributed by atoms with Gasteiger partial charge in [0.25, 0.3) is 0 Å². The number of carboxylic acids is 1. The second-order valence-corrected chi connectivity index (χ2v) is 4.91. The van der Waals surface area contributed by atoms with Gasteiger partial charge in [0.1, 0.15) is 5.75 Å². The monoisotopic (exact) mass is 326 g/mol. The van der Waals surface area contributed by atoms with Crippen LogP contribution in [0.15, 0.2) is 64.8 Å². The maximum Gasteiger partial charge on any atom is 0.360 e. The van der Waals surface area contributed by atoms with Crippen LogP contribution in [0.3, 0.4) is 0 Å². The molecule has 0 unspecified atom stereocenters. The fourth-order valence-electron chi connectivity index (χ4n) is 1.97. The Morgan fingerprint density at radius 1 is 1.12 bits per heavy atom. The molecule has 7 nitrogen and oxygen atoms in total. The predicted octanol–water partition coefficient (Wildman–Crippen LogP) is 1.85. The maximum absolute atomic E-state index is 11.8. The number of nitrogens with zero attached hydrogens (tertiary/aromatic N) is 2. The number of methoxy groups -OCH3 is 1. The number of carbonyl (C=O) groups is 2. The third-order valence-electron chi connectivity index (χ3n) is 3.19. The van der Waals surface area contributed by atoms with Crippen LogP contribution in [0.5, 0.6) is 5.75 Å². The number of nitrogens with one attached hydrogen (secondary N) is 1. The number of benzene rings is 2. The molecule has 2 amide bonds. The third-order valence-corrected chi connectivity index (χ3v) is 3.19. The highest BCUT2D eigenvalue weighted by molar-refractivity contribution is 5.82. The number of hydrogen-bond donors (Lipinski definition) is 1. The van der Waals surface area contributed by atoms with Crippen molar-refractivity contribution >= 4 is 17.7 Å². The first-order chi connectivity index (χ1) is 11.6. The molecule has 2 aromatic carbocycles. The Balaban J connectivity index is 1.97. The van der Waals surface area contributed by atoms with Crippen molar-refractivity contribution in [2.45, 2.75) is 12.5 Å². The minimum atomic E-state index is -1.38. The highest BCUT2D eigenvalue weighted by atomic mass is 16.5. The summed E-state index contributed by atoms with van der Waals surface area (Å²) >= 11 is 0. The molecule has 0 fully saturated rings. The Morgan fingerprint density at radius 2 is 1.79 bits per heavy atom. The summed E-state index contributed by atoms with van der Waals surface area (Å²) in [6, 6.07) is 13.5. The molecule has 0 radical (unpaired) electrons. The van der Waals surface area contributed by atoms with E-state index in [1.165, 1.54) is 7.11 Å². The van der Waals surface area contributed by atoms with E-state index in [1.54, 1.807) is 48.5 Å². The lowest BCUT2D eigenvalue weighted by atomic mass is 10.1. The average molecular weight is 326 g/mol. The molecule has 0 spiro atoms. The molecule has 2 rings (SSSR count). The molecule has 1 N–H and O–H groups in total. The SMILES string of the molecule is COc1ccc(N=NC(=O)N[C@@H](Cc2ccccc2)C(=O)[O-])cc1. The molecular weight excluding hydrogens is 310 g/mol. The second-order valence-electron chi connectivity index (χ2n) is 4.91. The summed E-state index contributed by atoms with van der Waals surface area (Å²) in [7, 11) is 1.54. The second kappa shape index (κ2) is 8.42. The van der Waals surface area contributed by atoms with E-state index in [0.717, 1.165) is 5.56 Å². The molecule has 0 aliphatic heterocycles. The summed E-state index contributed by atoms with van der Waals surface area (Å²) in [5.74, 6) is -0.731. The minimum Gasteiger partial charge on any atom is -0.548 e. The van der Waals surface area contributed by atoms with Crippen molar-refractivity contribution in [1.29, 1.82) is 0 Å². The Kier molecular flexibility index (Phi) is 6.01. The van der Waals surface area contributed by atoms with E-state index in [9.17, 15) is 14.7 Å². The zero-order valence-electron chi connectivity index (χ0n) is 13.0. The van der Waals surface area contributed by atoms with E-state index in [1.807, 2.05) is 6.07 Å². The number of hydrogen-bond acceptors (Lipinski definition) is 5. The molecule has 1 atom stereocenters. The third kappa shape index (κ3) is 5.20. The smallest absolute Gasteiger partial charge is 0.360 e. The Bertz CT molecular complexity index is 714. The van der Waals surface area contributed by atoms with Gasteiger partial charge in [-0.3, -0.25) is 0 Å². The van der Waals surface area contributed by atoms with Gasteiger partial charge in [0, 0.05) is 0 Å². The predicted molar refractivity (Wildman–Crippen MR) is 85.0 cm³/mol. The fourth-order valence-corrected chi connectivity index (χ4v) is 1.97. The standard InChI is InChI=1S/C17H17N3O4/c1-24-14-9-7-13(8-10-14)19-20-17(23)18-15(16(21)22)11-12-5-3-2-4-6-12/h2-10,15H,11H2,1H3,(H,18,23)(H,21,22)/p-1/t15-/m0/s1. The van der Waals surface area contributed by atoms with Gasteiger partial charge in [0.15, 0.2) is 0 Å². The van der Waals surface area contributed by atoms with Crippen LogP contribution in [0.2, 0.25) is 0 Å². The number of amides is 2. The number of azo groups is 1. The minimum absolute atomic E-state index is 0.104. The highest BCUT2D eigenvalue weighted by Gasteiger charge is 2.13. The summed E-state index contributed by atoms with van der Waals surface area (Å²) in [6.45, 7) is 0. The number of aliphatic carboxylic acids is 1. The Labute approximate surface area is 139 Å². The lowest BCUT2D eigenvalue weighted by Gasteiger charge is -2.18.